The van der Waals surface area contributed by atoms with E-state index in [2.05, 4.69) is 32.9 Å². The first kappa shape index (κ1) is 15.7. The molecule has 2 nitrogen and oxygen atoms in total. The van der Waals surface area contributed by atoms with Gasteiger partial charge in [-0.3, -0.25) is 0 Å². The molecule has 96 valence electrons. The molecule has 0 amide bonds. The molecule has 0 radical (unpaired) electrons. The summed E-state index contributed by atoms with van der Waals surface area (Å²) in [5, 5.41) is 10.1. The number of allylic oxidation sites excluding steroid dienone is 2. The molecule has 1 aliphatic heterocycles. The molecule has 1 aromatic rings. The number of rotatable bonds is 0. The fourth-order valence-electron chi connectivity index (χ4n) is 3.39. The molecule has 2 aliphatic rings. The zero-order chi connectivity index (χ0) is 12.9. The molecule has 1 N–H and O–H groups in total. The van der Waals surface area contributed by atoms with Gasteiger partial charge in [0, 0.05) is 17.4 Å². The Morgan fingerprint density at radius 1 is 1.37 bits per heavy atom. The van der Waals surface area contributed by atoms with Crippen molar-refractivity contribution in [1.29, 1.82) is 0 Å². The van der Waals surface area contributed by atoms with Gasteiger partial charge in [-0.1, -0.05) is 17.2 Å². The Hall–Kier alpha value is 0.365. The summed E-state index contributed by atoms with van der Waals surface area (Å²) in [5.41, 5.74) is 2.17. The third kappa shape index (κ3) is 2.74. The molecule has 1 aliphatic carbocycles. The fraction of sp³-hybridized carbons (Fsp3) is 0.500. The number of phenolic OH excluding ortho intramolecular Hbond substituents is 1. The van der Waals surface area contributed by atoms with E-state index in [-0.39, 0.29) is 69.7 Å². The summed E-state index contributed by atoms with van der Waals surface area (Å²) in [5.74, 6) is 1.80. The number of aromatic hydroxyl groups is 1. The Kier molecular flexibility index (Phi) is 4.67. The predicted molar refractivity (Wildman–Crippen MR) is 70.9 cm³/mol. The topological polar surface area (TPSA) is 29.5 Å². The van der Waals surface area contributed by atoms with Crippen LogP contribution in [0.5, 0.6) is 11.5 Å². The largest absolute Gasteiger partial charge is 1.00 e. The van der Waals surface area contributed by atoms with E-state index in [4.69, 9.17) is 4.74 Å². The van der Waals surface area contributed by atoms with E-state index >= 15 is 0 Å². The zero-order valence-corrected chi connectivity index (χ0v) is 17.1. The number of ether oxygens (including phenoxy) is 1. The van der Waals surface area contributed by atoms with Crippen molar-refractivity contribution in [1.82, 2.24) is 0 Å². The smallest absolute Gasteiger partial charge is 0.565 e. The summed E-state index contributed by atoms with van der Waals surface area (Å²) in [6, 6.07) is 6.41. The number of hydrogen-bond donors (Lipinski definition) is 1. The molecule has 0 fully saturated rings. The number of benzene rings is 1. The third-order valence-corrected chi connectivity index (χ3v) is 4.32. The summed E-state index contributed by atoms with van der Waals surface area (Å²) >= 11 is 0. The molecular formula is C16H19O2Rb. The molecule has 0 spiro atoms. The minimum absolute atomic E-state index is 0. The van der Waals surface area contributed by atoms with Gasteiger partial charge >= 0.3 is 58.2 Å². The normalized spacial score (nSPS) is 27.2. The predicted octanol–water partition coefficient (Wildman–Crippen LogP) is 0.807. The maximum absolute atomic E-state index is 10.1. The quantitative estimate of drug-likeness (QED) is 0.564. The minimum atomic E-state index is -0.184. The summed E-state index contributed by atoms with van der Waals surface area (Å²) in [6.07, 6.45) is 4.55. The van der Waals surface area contributed by atoms with E-state index in [1.165, 1.54) is 5.57 Å². The second-order valence-corrected chi connectivity index (χ2v) is 6.01. The average Bonchev–Trinajstić information content (AvgIpc) is 2.27. The van der Waals surface area contributed by atoms with Crippen LogP contribution in [-0.4, -0.2) is 10.7 Å². The number of fused-ring (bicyclic) bond motifs is 3. The molecule has 2 atom stereocenters. The SMILES string of the molecule is CC1=C[C@H]2c3c(O)c[c-]cc3OC(C)(C)[C@@H]2CC1.[Rb+]. The summed E-state index contributed by atoms with van der Waals surface area (Å²) in [7, 11) is 0. The van der Waals surface area contributed by atoms with Gasteiger partial charge in [-0.05, 0) is 39.5 Å². The van der Waals surface area contributed by atoms with Crippen LogP contribution in [0.3, 0.4) is 0 Å². The molecule has 0 saturated carbocycles. The van der Waals surface area contributed by atoms with E-state index < -0.39 is 0 Å². The molecule has 1 aromatic carbocycles. The van der Waals surface area contributed by atoms with Crippen molar-refractivity contribution in [2.24, 2.45) is 5.92 Å². The maximum Gasteiger partial charge on any atom is 1.00 e. The number of phenols is 1. The van der Waals surface area contributed by atoms with E-state index in [1.54, 1.807) is 6.07 Å². The van der Waals surface area contributed by atoms with Crippen LogP contribution >= 0.6 is 0 Å². The van der Waals surface area contributed by atoms with Crippen molar-refractivity contribution < 1.29 is 68.0 Å². The van der Waals surface area contributed by atoms with Crippen LogP contribution in [0.25, 0.3) is 0 Å². The van der Waals surface area contributed by atoms with E-state index in [0.717, 1.165) is 24.2 Å². The van der Waals surface area contributed by atoms with Gasteiger partial charge in [0.15, 0.2) is 0 Å². The van der Waals surface area contributed by atoms with Crippen molar-refractivity contribution in [2.45, 2.75) is 45.1 Å². The van der Waals surface area contributed by atoms with Gasteiger partial charge in [-0.25, -0.2) is 0 Å². The monoisotopic (exact) mass is 328 g/mol. The Morgan fingerprint density at radius 2 is 2.11 bits per heavy atom. The van der Waals surface area contributed by atoms with Crippen molar-refractivity contribution in [3.8, 4) is 11.5 Å². The molecule has 1 heterocycles. The molecule has 0 bridgehead atoms. The van der Waals surface area contributed by atoms with Crippen LogP contribution in [0.2, 0.25) is 0 Å². The number of hydrogen-bond acceptors (Lipinski definition) is 2. The van der Waals surface area contributed by atoms with Crippen molar-refractivity contribution in [2.75, 3.05) is 0 Å². The molecule has 0 saturated heterocycles. The van der Waals surface area contributed by atoms with Crippen molar-refractivity contribution in [3.63, 3.8) is 0 Å². The van der Waals surface area contributed by atoms with Gasteiger partial charge in [-0.15, -0.1) is 12.1 Å². The van der Waals surface area contributed by atoms with Crippen LogP contribution in [0.15, 0.2) is 23.8 Å². The minimum Gasteiger partial charge on any atom is -0.565 e. The zero-order valence-electron chi connectivity index (χ0n) is 12.2. The summed E-state index contributed by atoms with van der Waals surface area (Å²) < 4.78 is 6.08. The van der Waals surface area contributed by atoms with Crippen molar-refractivity contribution in [3.05, 3.63) is 35.4 Å². The average molecular weight is 329 g/mol. The van der Waals surface area contributed by atoms with Gasteiger partial charge < -0.3 is 9.84 Å². The second kappa shape index (κ2) is 5.63. The van der Waals surface area contributed by atoms with Crippen LogP contribution in [-0.2, 0) is 0 Å². The molecule has 0 aromatic heterocycles. The van der Waals surface area contributed by atoms with Crippen LogP contribution in [0.1, 0.15) is 45.1 Å². The Labute approximate surface area is 164 Å². The molecule has 3 rings (SSSR count). The first-order chi connectivity index (χ1) is 8.49. The van der Waals surface area contributed by atoms with Crippen LogP contribution in [0.4, 0.5) is 0 Å². The van der Waals surface area contributed by atoms with Gasteiger partial charge in [0.05, 0.1) is 5.60 Å². The summed E-state index contributed by atoms with van der Waals surface area (Å²) in [4.78, 5) is 0. The molecule has 19 heavy (non-hydrogen) atoms. The maximum atomic E-state index is 10.1. The molecule has 3 heteroatoms. The van der Waals surface area contributed by atoms with Gasteiger partial charge in [0.1, 0.15) is 0 Å². The summed E-state index contributed by atoms with van der Waals surface area (Å²) in [6.45, 7) is 6.46. The second-order valence-electron chi connectivity index (χ2n) is 6.01. The molecule has 0 unspecified atom stereocenters. The Balaban J connectivity index is 0.00000133. The first-order valence-electron chi connectivity index (χ1n) is 6.58. The van der Waals surface area contributed by atoms with Gasteiger partial charge in [0.25, 0.3) is 0 Å². The fourth-order valence-corrected chi connectivity index (χ4v) is 3.39. The first-order valence-corrected chi connectivity index (χ1v) is 6.58. The Bertz CT molecular complexity index is 519. The van der Waals surface area contributed by atoms with E-state index in [9.17, 15) is 5.11 Å². The third-order valence-electron chi connectivity index (χ3n) is 4.32. The Morgan fingerprint density at radius 3 is 2.84 bits per heavy atom. The van der Waals surface area contributed by atoms with Crippen LogP contribution in [0, 0.1) is 12.0 Å². The molecular weight excluding hydrogens is 310 g/mol. The van der Waals surface area contributed by atoms with Gasteiger partial charge in [-0.2, -0.15) is 6.07 Å². The van der Waals surface area contributed by atoms with Crippen LogP contribution < -0.4 is 62.9 Å². The van der Waals surface area contributed by atoms with E-state index in [0.29, 0.717) is 11.7 Å². The van der Waals surface area contributed by atoms with Crippen molar-refractivity contribution >= 4 is 0 Å². The standard InChI is InChI=1S/C16H19O2.Rb/c1-10-7-8-12-11(9-10)15-13(17)5-4-6-14(15)18-16(12,2)3;/h5-6,9,11-12,17H,7-8H2,1-3H3;/q-1;+1/t11-,12-;/m1./s1. The van der Waals surface area contributed by atoms with Gasteiger partial charge in [0.2, 0.25) is 0 Å². The van der Waals surface area contributed by atoms with E-state index in [1.807, 2.05) is 6.07 Å².